The van der Waals surface area contributed by atoms with Gasteiger partial charge < -0.3 is 9.47 Å². The second-order valence-electron chi connectivity index (χ2n) is 6.60. The summed E-state index contributed by atoms with van der Waals surface area (Å²) in [6.07, 6.45) is 2.83. The molecule has 1 amide bonds. The van der Waals surface area contributed by atoms with Gasteiger partial charge in [-0.3, -0.25) is 9.88 Å². The number of aromatic nitrogens is 1. The zero-order chi connectivity index (χ0) is 19.3. The van der Waals surface area contributed by atoms with Gasteiger partial charge in [0.1, 0.15) is 18.5 Å². The molecule has 1 aliphatic rings. The monoisotopic (exact) mass is 394 g/mol. The van der Waals surface area contributed by atoms with Crippen molar-refractivity contribution in [3.05, 3.63) is 94.8 Å². The van der Waals surface area contributed by atoms with E-state index >= 15 is 0 Å². The summed E-state index contributed by atoms with van der Waals surface area (Å²) >= 11 is 5.92. The second-order valence-corrected chi connectivity index (χ2v) is 7.03. The van der Waals surface area contributed by atoms with Crippen LogP contribution in [0, 0.1) is 0 Å². The fourth-order valence-corrected chi connectivity index (χ4v) is 3.17. The molecule has 2 aromatic carbocycles. The Labute approximate surface area is 168 Å². The Kier molecular flexibility index (Phi) is 5.44. The SMILES string of the molecule is O=C1O[C@H](c2ccc(Cl)cc2)CN1Cc1ccc(COc2cccnc2)cc1. The number of carbonyl (C=O) groups excluding carboxylic acids is 1. The van der Waals surface area contributed by atoms with E-state index in [1.165, 1.54) is 0 Å². The largest absolute Gasteiger partial charge is 0.487 e. The number of carbonyl (C=O) groups is 1. The smallest absolute Gasteiger partial charge is 0.410 e. The van der Waals surface area contributed by atoms with E-state index in [1.807, 2.05) is 48.5 Å². The van der Waals surface area contributed by atoms with Gasteiger partial charge in [0.2, 0.25) is 0 Å². The molecular weight excluding hydrogens is 376 g/mol. The van der Waals surface area contributed by atoms with E-state index in [4.69, 9.17) is 21.1 Å². The van der Waals surface area contributed by atoms with Gasteiger partial charge in [-0.05, 0) is 41.0 Å². The number of rotatable bonds is 6. The predicted molar refractivity (Wildman–Crippen MR) is 106 cm³/mol. The van der Waals surface area contributed by atoms with Crippen molar-refractivity contribution < 1.29 is 14.3 Å². The molecule has 0 saturated carbocycles. The minimum Gasteiger partial charge on any atom is -0.487 e. The van der Waals surface area contributed by atoms with Crippen LogP contribution in [0.5, 0.6) is 5.75 Å². The third-order valence-electron chi connectivity index (χ3n) is 4.57. The van der Waals surface area contributed by atoms with E-state index in [9.17, 15) is 4.79 Å². The van der Waals surface area contributed by atoms with E-state index in [1.54, 1.807) is 29.4 Å². The maximum Gasteiger partial charge on any atom is 0.410 e. The van der Waals surface area contributed by atoms with E-state index in [0.29, 0.717) is 24.7 Å². The molecule has 142 valence electrons. The third kappa shape index (κ3) is 4.43. The molecule has 1 aliphatic heterocycles. The van der Waals surface area contributed by atoms with Gasteiger partial charge >= 0.3 is 6.09 Å². The van der Waals surface area contributed by atoms with Gasteiger partial charge in [0.05, 0.1) is 12.7 Å². The molecule has 28 heavy (non-hydrogen) atoms. The van der Waals surface area contributed by atoms with E-state index in [2.05, 4.69) is 4.98 Å². The molecule has 0 aliphatic carbocycles. The summed E-state index contributed by atoms with van der Waals surface area (Å²) in [6.45, 7) is 1.50. The molecule has 4 rings (SSSR count). The molecule has 0 spiro atoms. The maximum atomic E-state index is 12.2. The first-order chi connectivity index (χ1) is 13.7. The molecule has 3 aromatic rings. The van der Waals surface area contributed by atoms with Crippen LogP contribution in [0.1, 0.15) is 22.8 Å². The number of ether oxygens (including phenoxy) is 2. The molecule has 0 unspecified atom stereocenters. The molecule has 5 nitrogen and oxygen atoms in total. The third-order valence-corrected chi connectivity index (χ3v) is 4.82. The molecule has 0 N–H and O–H groups in total. The van der Waals surface area contributed by atoms with Crippen molar-refractivity contribution in [2.45, 2.75) is 19.3 Å². The van der Waals surface area contributed by atoms with Crippen LogP contribution in [0.4, 0.5) is 4.79 Å². The van der Waals surface area contributed by atoms with Crippen LogP contribution >= 0.6 is 11.6 Å². The lowest BCUT2D eigenvalue weighted by Gasteiger charge is -2.13. The van der Waals surface area contributed by atoms with Crippen LogP contribution < -0.4 is 4.74 Å². The lowest BCUT2D eigenvalue weighted by Crippen LogP contribution is -2.23. The van der Waals surface area contributed by atoms with E-state index in [-0.39, 0.29) is 12.2 Å². The summed E-state index contributed by atoms with van der Waals surface area (Å²) in [6, 6.07) is 19.1. The van der Waals surface area contributed by atoms with Crippen LogP contribution in [0.25, 0.3) is 0 Å². The Morgan fingerprint density at radius 3 is 2.54 bits per heavy atom. The van der Waals surface area contributed by atoms with Crippen LogP contribution in [0.2, 0.25) is 5.02 Å². The van der Waals surface area contributed by atoms with Gasteiger partial charge in [0.15, 0.2) is 0 Å². The zero-order valence-corrected chi connectivity index (χ0v) is 15.9. The quantitative estimate of drug-likeness (QED) is 0.589. The van der Waals surface area contributed by atoms with Gasteiger partial charge in [-0.1, -0.05) is 48.0 Å². The van der Waals surface area contributed by atoms with Gasteiger partial charge in [-0.25, -0.2) is 4.79 Å². The van der Waals surface area contributed by atoms with Crippen LogP contribution in [0.3, 0.4) is 0 Å². The van der Waals surface area contributed by atoms with Crippen molar-refractivity contribution >= 4 is 17.7 Å². The van der Waals surface area contributed by atoms with Crippen molar-refractivity contribution in [2.24, 2.45) is 0 Å². The standard InChI is InChI=1S/C22H19ClN2O3/c23-19-9-7-18(8-10-19)21-14-25(22(26)28-21)13-16-3-5-17(6-4-16)15-27-20-2-1-11-24-12-20/h1-12,21H,13-15H2/t21-/m0/s1. The molecule has 6 heteroatoms. The van der Waals surface area contributed by atoms with Gasteiger partial charge in [-0.2, -0.15) is 0 Å². The highest BCUT2D eigenvalue weighted by Crippen LogP contribution is 2.28. The number of amides is 1. The molecule has 0 bridgehead atoms. The minimum absolute atomic E-state index is 0.267. The summed E-state index contributed by atoms with van der Waals surface area (Å²) in [7, 11) is 0. The molecule has 0 radical (unpaired) electrons. The molecule has 2 heterocycles. The summed E-state index contributed by atoms with van der Waals surface area (Å²) < 4.78 is 11.2. The normalized spacial score (nSPS) is 16.1. The second kappa shape index (κ2) is 8.31. The highest BCUT2D eigenvalue weighted by Gasteiger charge is 2.32. The van der Waals surface area contributed by atoms with Crippen LogP contribution in [0.15, 0.2) is 73.1 Å². The average molecular weight is 395 g/mol. The molecule has 1 aromatic heterocycles. The molecule has 1 atom stereocenters. The van der Waals surface area contributed by atoms with Crippen molar-refractivity contribution in [1.29, 1.82) is 0 Å². The summed E-state index contributed by atoms with van der Waals surface area (Å²) in [5.41, 5.74) is 3.04. The number of hydrogen-bond donors (Lipinski definition) is 0. The Morgan fingerprint density at radius 1 is 1.07 bits per heavy atom. The average Bonchev–Trinajstić information content (AvgIpc) is 3.09. The number of cyclic esters (lactones) is 1. The van der Waals surface area contributed by atoms with Gasteiger partial charge in [-0.15, -0.1) is 0 Å². The topological polar surface area (TPSA) is 51.7 Å². The number of nitrogens with zero attached hydrogens (tertiary/aromatic N) is 2. The Balaban J connectivity index is 1.34. The summed E-state index contributed by atoms with van der Waals surface area (Å²) in [4.78, 5) is 17.9. The Bertz CT molecular complexity index is 930. The van der Waals surface area contributed by atoms with Crippen LogP contribution in [-0.4, -0.2) is 22.5 Å². The number of halogens is 1. The number of hydrogen-bond acceptors (Lipinski definition) is 4. The van der Waals surface area contributed by atoms with Crippen molar-refractivity contribution in [3.8, 4) is 5.75 Å². The molecular formula is C22H19ClN2O3. The lowest BCUT2D eigenvalue weighted by atomic mass is 10.1. The highest BCUT2D eigenvalue weighted by molar-refractivity contribution is 6.30. The number of pyridine rings is 1. The molecule has 1 fully saturated rings. The first kappa shape index (κ1) is 18.3. The van der Waals surface area contributed by atoms with Crippen molar-refractivity contribution in [3.63, 3.8) is 0 Å². The number of benzene rings is 2. The fraction of sp³-hybridized carbons (Fsp3) is 0.182. The minimum atomic E-state index is -0.302. The van der Waals surface area contributed by atoms with Gasteiger partial charge in [0.25, 0.3) is 0 Å². The highest BCUT2D eigenvalue weighted by atomic mass is 35.5. The van der Waals surface area contributed by atoms with E-state index in [0.717, 1.165) is 22.4 Å². The van der Waals surface area contributed by atoms with Crippen molar-refractivity contribution in [2.75, 3.05) is 6.54 Å². The van der Waals surface area contributed by atoms with Gasteiger partial charge in [0, 0.05) is 17.8 Å². The lowest BCUT2D eigenvalue weighted by molar-refractivity contribution is 0.132. The predicted octanol–water partition coefficient (Wildman–Crippen LogP) is 5.01. The van der Waals surface area contributed by atoms with E-state index < -0.39 is 0 Å². The Hall–Kier alpha value is -3.05. The first-order valence-corrected chi connectivity index (χ1v) is 9.37. The van der Waals surface area contributed by atoms with Crippen LogP contribution in [-0.2, 0) is 17.9 Å². The molecule has 1 saturated heterocycles. The fourth-order valence-electron chi connectivity index (χ4n) is 3.05. The summed E-state index contributed by atoms with van der Waals surface area (Å²) in [5.74, 6) is 0.736. The first-order valence-electron chi connectivity index (χ1n) is 8.99. The summed E-state index contributed by atoms with van der Waals surface area (Å²) in [5, 5.41) is 0.664. The maximum absolute atomic E-state index is 12.2. The zero-order valence-electron chi connectivity index (χ0n) is 15.1. The van der Waals surface area contributed by atoms with Crippen molar-refractivity contribution in [1.82, 2.24) is 9.88 Å². The Morgan fingerprint density at radius 2 is 1.82 bits per heavy atom.